The fourth-order valence-corrected chi connectivity index (χ4v) is 4.72. The lowest BCUT2D eigenvalue weighted by Gasteiger charge is -2.12. The minimum absolute atomic E-state index is 0.0732. The molecule has 3 aromatic rings. The number of benzene rings is 2. The van der Waals surface area contributed by atoms with Crippen LogP contribution >= 0.6 is 34.5 Å². The summed E-state index contributed by atoms with van der Waals surface area (Å²) >= 11 is 13.1. The molecule has 0 fully saturated rings. The van der Waals surface area contributed by atoms with Crippen LogP contribution in [0.15, 0.2) is 64.6 Å². The van der Waals surface area contributed by atoms with Crippen molar-refractivity contribution >= 4 is 67.3 Å². The molecule has 12 heteroatoms. The Hall–Kier alpha value is -2.66. The monoisotopic (exact) mass is 484 g/mol. The fourth-order valence-electron chi connectivity index (χ4n) is 2.38. The lowest BCUT2D eigenvalue weighted by molar-refractivity contribution is -0.385. The standard InChI is InChI=1S/C18H14Cl2N4O4S2/c1-11(16-8-9-18(20)29-16)21-22-15-7-6-14(24(25)26)10-17(15)30(27,28)23-13-4-2-12(19)3-5-13/h2-10,22-23H,1H3. The van der Waals surface area contributed by atoms with Crippen LogP contribution in [0.25, 0.3) is 0 Å². The Bertz CT molecular complexity index is 1230. The molecule has 2 aromatic carbocycles. The fraction of sp³-hybridized carbons (Fsp3) is 0.0556. The SMILES string of the molecule is CC(=NNc1ccc([N+](=O)[O-])cc1S(=O)(=O)Nc1ccc(Cl)cc1)c1ccc(Cl)s1. The summed E-state index contributed by atoms with van der Waals surface area (Å²) in [6, 6.07) is 12.9. The Kier molecular flexibility index (Phi) is 6.61. The Morgan fingerprint density at radius 3 is 2.40 bits per heavy atom. The van der Waals surface area contributed by atoms with E-state index in [1.807, 2.05) is 0 Å². The molecule has 2 N–H and O–H groups in total. The molecule has 0 aliphatic rings. The van der Waals surface area contributed by atoms with E-state index in [4.69, 9.17) is 23.2 Å². The number of sulfonamides is 1. The van der Waals surface area contributed by atoms with Gasteiger partial charge in [0, 0.05) is 22.8 Å². The van der Waals surface area contributed by atoms with Gasteiger partial charge in [-0.3, -0.25) is 20.3 Å². The Labute approximate surface area is 186 Å². The van der Waals surface area contributed by atoms with Crippen LogP contribution in [-0.4, -0.2) is 19.1 Å². The highest BCUT2D eigenvalue weighted by atomic mass is 35.5. The van der Waals surface area contributed by atoms with Gasteiger partial charge in [0.2, 0.25) is 0 Å². The van der Waals surface area contributed by atoms with Crippen molar-refractivity contribution in [2.75, 3.05) is 10.1 Å². The second kappa shape index (κ2) is 9.00. The van der Waals surface area contributed by atoms with E-state index in [2.05, 4.69) is 15.2 Å². The molecule has 0 spiro atoms. The highest BCUT2D eigenvalue weighted by Crippen LogP contribution is 2.29. The zero-order valence-corrected chi connectivity index (χ0v) is 18.4. The first kappa shape index (κ1) is 22.0. The minimum atomic E-state index is -4.17. The molecular weight excluding hydrogens is 471 g/mol. The zero-order valence-electron chi connectivity index (χ0n) is 15.3. The number of nitrogens with zero attached hydrogens (tertiary/aromatic N) is 2. The third-order valence-electron chi connectivity index (χ3n) is 3.84. The van der Waals surface area contributed by atoms with E-state index in [0.717, 1.165) is 10.9 Å². The number of non-ortho nitro benzene ring substituents is 1. The van der Waals surface area contributed by atoms with Gasteiger partial charge in [-0.15, -0.1) is 11.3 Å². The molecule has 156 valence electrons. The van der Waals surface area contributed by atoms with Crippen LogP contribution < -0.4 is 10.1 Å². The van der Waals surface area contributed by atoms with Gasteiger partial charge in [-0.05, 0) is 49.4 Å². The number of hydrogen-bond acceptors (Lipinski definition) is 7. The van der Waals surface area contributed by atoms with E-state index in [1.54, 1.807) is 19.1 Å². The van der Waals surface area contributed by atoms with E-state index in [0.29, 0.717) is 15.1 Å². The van der Waals surface area contributed by atoms with Crippen molar-refractivity contribution in [3.8, 4) is 0 Å². The number of rotatable bonds is 7. The van der Waals surface area contributed by atoms with Crippen molar-refractivity contribution in [3.63, 3.8) is 0 Å². The number of nitrogens with one attached hydrogen (secondary N) is 2. The smallest absolute Gasteiger partial charge is 0.270 e. The molecule has 0 amide bonds. The maximum atomic E-state index is 12.9. The summed E-state index contributed by atoms with van der Waals surface area (Å²) in [5.74, 6) is 0. The highest BCUT2D eigenvalue weighted by Gasteiger charge is 2.23. The van der Waals surface area contributed by atoms with Crippen LogP contribution in [0.3, 0.4) is 0 Å². The van der Waals surface area contributed by atoms with Crippen molar-refractivity contribution in [3.05, 3.63) is 78.9 Å². The average Bonchev–Trinajstić information content (AvgIpc) is 3.14. The van der Waals surface area contributed by atoms with Gasteiger partial charge >= 0.3 is 0 Å². The van der Waals surface area contributed by atoms with Crippen molar-refractivity contribution in [2.24, 2.45) is 5.10 Å². The number of nitro benzene ring substituents is 1. The molecule has 0 aliphatic carbocycles. The maximum absolute atomic E-state index is 12.9. The van der Waals surface area contributed by atoms with Crippen molar-refractivity contribution in [1.29, 1.82) is 0 Å². The summed E-state index contributed by atoms with van der Waals surface area (Å²) in [4.78, 5) is 10.9. The lowest BCUT2D eigenvalue weighted by atomic mass is 10.3. The third kappa shape index (κ3) is 5.28. The summed E-state index contributed by atoms with van der Waals surface area (Å²) < 4.78 is 28.8. The zero-order chi connectivity index (χ0) is 21.9. The number of hydrazone groups is 1. The van der Waals surface area contributed by atoms with Crippen molar-refractivity contribution in [1.82, 2.24) is 0 Å². The van der Waals surface area contributed by atoms with E-state index in [9.17, 15) is 18.5 Å². The molecule has 0 radical (unpaired) electrons. The molecule has 8 nitrogen and oxygen atoms in total. The van der Waals surface area contributed by atoms with Crippen LogP contribution in [0.2, 0.25) is 9.36 Å². The van der Waals surface area contributed by atoms with Crippen LogP contribution in [0.1, 0.15) is 11.8 Å². The van der Waals surface area contributed by atoms with Crippen molar-refractivity contribution < 1.29 is 13.3 Å². The highest BCUT2D eigenvalue weighted by molar-refractivity contribution is 7.92. The number of halogens is 2. The molecule has 0 saturated carbocycles. The Morgan fingerprint density at radius 1 is 1.10 bits per heavy atom. The number of nitro groups is 1. The van der Waals surface area contributed by atoms with Gasteiger partial charge in [0.15, 0.2) is 0 Å². The van der Waals surface area contributed by atoms with E-state index < -0.39 is 14.9 Å². The molecular formula is C18H14Cl2N4O4S2. The van der Waals surface area contributed by atoms with Gasteiger partial charge in [0.05, 0.1) is 25.5 Å². The molecule has 0 bridgehead atoms. The first-order valence-electron chi connectivity index (χ1n) is 8.28. The lowest BCUT2D eigenvalue weighted by Crippen LogP contribution is -2.15. The van der Waals surface area contributed by atoms with Gasteiger partial charge in [-0.2, -0.15) is 5.10 Å². The Balaban J connectivity index is 1.97. The van der Waals surface area contributed by atoms with Gasteiger partial charge < -0.3 is 0 Å². The van der Waals surface area contributed by atoms with Gasteiger partial charge in [-0.25, -0.2) is 8.42 Å². The number of anilines is 2. The maximum Gasteiger partial charge on any atom is 0.270 e. The molecule has 0 aliphatic heterocycles. The second-order valence-corrected chi connectivity index (χ2v) is 9.77. The van der Waals surface area contributed by atoms with Gasteiger partial charge in [-0.1, -0.05) is 23.2 Å². The third-order valence-corrected chi connectivity index (χ3v) is 6.85. The van der Waals surface area contributed by atoms with Crippen LogP contribution in [0.5, 0.6) is 0 Å². The Morgan fingerprint density at radius 2 is 1.80 bits per heavy atom. The molecule has 1 aromatic heterocycles. The normalized spacial score (nSPS) is 11.9. The van der Waals surface area contributed by atoms with E-state index >= 15 is 0 Å². The van der Waals surface area contributed by atoms with Crippen LogP contribution in [0.4, 0.5) is 17.1 Å². The van der Waals surface area contributed by atoms with E-state index in [1.165, 1.54) is 47.7 Å². The molecule has 0 unspecified atom stereocenters. The molecule has 0 atom stereocenters. The predicted molar refractivity (Wildman–Crippen MR) is 121 cm³/mol. The number of thiophene rings is 1. The first-order valence-corrected chi connectivity index (χ1v) is 11.3. The van der Waals surface area contributed by atoms with Crippen LogP contribution in [0, 0.1) is 10.1 Å². The minimum Gasteiger partial charge on any atom is -0.280 e. The second-order valence-electron chi connectivity index (χ2n) is 5.96. The molecule has 0 saturated heterocycles. The summed E-state index contributed by atoms with van der Waals surface area (Å²) in [7, 11) is -4.17. The van der Waals surface area contributed by atoms with Gasteiger partial charge in [0.25, 0.3) is 15.7 Å². The van der Waals surface area contributed by atoms with Gasteiger partial charge in [0.1, 0.15) is 4.90 Å². The summed E-state index contributed by atoms with van der Waals surface area (Å²) in [6.45, 7) is 1.72. The molecule has 30 heavy (non-hydrogen) atoms. The van der Waals surface area contributed by atoms with Crippen molar-refractivity contribution in [2.45, 2.75) is 11.8 Å². The molecule has 1 heterocycles. The summed E-state index contributed by atoms with van der Waals surface area (Å²) in [6.07, 6.45) is 0. The quantitative estimate of drug-likeness (QED) is 0.257. The topological polar surface area (TPSA) is 114 Å². The summed E-state index contributed by atoms with van der Waals surface area (Å²) in [5, 5.41) is 15.8. The summed E-state index contributed by atoms with van der Waals surface area (Å²) in [5.41, 5.74) is 3.20. The number of hydrogen-bond donors (Lipinski definition) is 2. The predicted octanol–water partition coefficient (Wildman–Crippen LogP) is 5.60. The van der Waals surface area contributed by atoms with Crippen LogP contribution in [-0.2, 0) is 10.0 Å². The largest absolute Gasteiger partial charge is 0.280 e. The average molecular weight is 485 g/mol. The molecule has 3 rings (SSSR count). The first-order chi connectivity index (χ1) is 14.2. The van der Waals surface area contributed by atoms with E-state index in [-0.39, 0.29) is 22.0 Å².